The highest BCUT2D eigenvalue weighted by molar-refractivity contribution is 6.31. The van der Waals surface area contributed by atoms with Crippen LogP contribution in [-0.2, 0) is 20.9 Å². The van der Waals surface area contributed by atoms with Crippen molar-refractivity contribution in [1.82, 2.24) is 4.90 Å². The van der Waals surface area contributed by atoms with Gasteiger partial charge in [-0.25, -0.2) is 0 Å². The molecule has 0 unspecified atom stereocenters. The van der Waals surface area contributed by atoms with Crippen LogP contribution in [0.3, 0.4) is 0 Å². The second-order valence-corrected chi connectivity index (χ2v) is 6.99. The number of amides is 1. The van der Waals surface area contributed by atoms with Gasteiger partial charge in [-0.15, -0.1) is 0 Å². The Morgan fingerprint density at radius 1 is 1.26 bits per heavy atom. The lowest BCUT2D eigenvalue weighted by molar-refractivity contribution is -0.137. The predicted octanol–water partition coefficient (Wildman–Crippen LogP) is 3.82. The molecule has 1 amide bonds. The van der Waals surface area contributed by atoms with E-state index in [1.54, 1.807) is 4.90 Å². The molecule has 27 heavy (non-hydrogen) atoms. The van der Waals surface area contributed by atoms with Crippen LogP contribution in [0.2, 0.25) is 5.02 Å². The number of hydrogen-bond acceptors (Lipinski definition) is 4. The van der Waals surface area contributed by atoms with Crippen LogP contribution >= 0.6 is 11.6 Å². The molecule has 0 aliphatic carbocycles. The highest BCUT2D eigenvalue weighted by Gasteiger charge is 2.27. The van der Waals surface area contributed by atoms with Crippen LogP contribution in [0.5, 0.6) is 0 Å². The van der Waals surface area contributed by atoms with Crippen molar-refractivity contribution < 1.29 is 14.4 Å². The molecular formula is C21H23ClN2O3. The molecule has 1 heterocycles. The average molecular weight is 387 g/mol. The van der Waals surface area contributed by atoms with Crippen molar-refractivity contribution in [3.8, 4) is 0 Å². The van der Waals surface area contributed by atoms with Gasteiger partial charge in [0.1, 0.15) is 6.61 Å². The van der Waals surface area contributed by atoms with Gasteiger partial charge in [0.25, 0.3) is 0 Å². The van der Waals surface area contributed by atoms with Gasteiger partial charge in [-0.1, -0.05) is 59.2 Å². The number of carbonyl (C=O) groups excluding carboxylic acids is 1. The van der Waals surface area contributed by atoms with E-state index in [2.05, 4.69) is 18.1 Å². The fraction of sp³-hybridized carbons (Fsp3) is 0.333. The fourth-order valence-corrected chi connectivity index (χ4v) is 3.32. The van der Waals surface area contributed by atoms with E-state index in [1.165, 1.54) is 7.11 Å². The molecule has 1 atom stereocenters. The van der Waals surface area contributed by atoms with Gasteiger partial charge in [0.2, 0.25) is 5.91 Å². The molecular weight excluding hydrogens is 364 g/mol. The summed E-state index contributed by atoms with van der Waals surface area (Å²) < 4.78 is 5.03. The van der Waals surface area contributed by atoms with E-state index in [0.29, 0.717) is 24.5 Å². The molecule has 142 valence electrons. The van der Waals surface area contributed by atoms with E-state index in [1.807, 2.05) is 42.5 Å². The summed E-state index contributed by atoms with van der Waals surface area (Å²) in [4.78, 5) is 19.9. The number of carbonyl (C=O) groups is 1. The Morgan fingerprint density at radius 2 is 2.00 bits per heavy atom. The molecule has 6 heteroatoms. The summed E-state index contributed by atoms with van der Waals surface area (Å²) in [6.45, 7) is 2.90. The van der Waals surface area contributed by atoms with Gasteiger partial charge < -0.3 is 14.5 Å². The van der Waals surface area contributed by atoms with Gasteiger partial charge in [0, 0.05) is 30.7 Å². The van der Waals surface area contributed by atoms with Gasteiger partial charge in [0.15, 0.2) is 6.10 Å². The SMILES string of the molecule is COCC(=O)N(Cc1ccccc1Cl)C[C@@H]1CC(c2ccccc2C)=NO1. The molecule has 0 saturated heterocycles. The first-order chi connectivity index (χ1) is 13.1. The minimum Gasteiger partial charge on any atom is -0.390 e. The second-order valence-electron chi connectivity index (χ2n) is 6.58. The van der Waals surface area contributed by atoms with E-state index in [4.69, 9.17) is 21.2 Å². The molecule has 0 spiro atoms. The molecule has 2 aromatic rings. The predicted molar refractivity (Wildman–Crippen MR) is 106 cm³/mol. The minimum absolute atomic E-state index is 0.0165. The molecule has 0 radical (unpaired) electrons. The molecule has 1 aliphatic rings. The largest absolute Gasteiger partial charge is 0.390 e. The zero-order valence-electron chi connectivity index (χ0n) is 15.5. The Hall–Kier alpha value is -2.37. The number of nitrogens with zero attached hydrogens (tertiary/aromatic N) is 2. The lowest BCUT2D eigenvalue weighted by atomic mass is 10.0. The number of rotatable bonds is 7. The summed E-state index contributed by atoms with van der Waals surface area (Å²) in [5, 5.41) is 4.89. The summed E-state index contributed by atoms with van der Waals surface area (Å²) in [5.41, 5.74) is 4.04. The van der Waals surface area contributed by atoms with E-state index in [0.717, 1.165) is 22.4 Å². The summed E-state index contributed by atoms with van der Waals surface area (Å²) in [5.74, 6) is -0.106. The van der Waals surface area contributed by atoms with E-state index in [-0.39, 0.29) is 18.6 Å². The van der Waals surface area contributed by atoms with Crippen LogP contribution < -0.4 is 0 Å². The maximum atomic E-state index is 12.5. The smallest absolute Gasteiger partial charge is 0.248 e. The minimum atomic E-state index is -0.192. The van der Waals surface area contributed by atoms with E-state index >= 15 is 0 Å². The maximum absolute atomic E-state index is 12.5. The quantitative estimate of drug-likeness (QED) is 0.726. The average Bonchev–Trinajstić information content (AvgIpc) is 3.12. The summed E-state index contributed by atoms with van der Waals surface area (Å²) >= 11 is 6.26. The van der Waals surface area contributed by atoms with Gasteiger partial charge in [-0.3, -0.25) is 4.79 Å². The van der Waals surface area contributed by atoms with E-state index in [9.17, 15) is 4.79 Å². The van der Waals surface area contributed by atoms with Gasteiger partial charge in [0.05, 0.1) is 12.3 Å². The number of aryl methyl sites for hydroxylation is 1. The van der Waals surface area contributed by atoms with Crippen LogP contribution in [0.1, 0.15) is 23.1 Å². The Balaban J connectivity index is 1.69. The number of oxime groups is 1. The molecule has 0 saturated carbocycles. The second kappa shape index (κ2) is 9.02. The molecule has 1 aliphatic heterocycles. The maximum Gasteiger partial charge on any atom is 0.248 e. The first kappa shape index (κ1) is 19.4. The Labute approximate surface area is 164 Å². The molecule has 0 aromatic heterocycles. The number of hydrogen-bond donors (Lipinski definition) is 0. The first-order valence-corrected chi connectivity index (χ1v) is 9.25. The third-order valence-corrected chi connectivity index (χ3v) is 4.92. The molecule has 0 N–H and O–H groups in total. The Bertz CT molecular complexity index is 838. The first-order valence-electron chi connectivity index (χ1n) is 8.87. The molecule has 0 fully saturated rings. The van der Waals surface area contributed by atoms with Gasteiger partial charge >= 0.3 is 0 Å². The van der Waals surface area contributed by atoms with Crippen molar-refractivity contribution in [2.24, 2.45) is 5.16 Å². The van der Waals surface area contributed by atoms with Crippen LogP contribution in [0, 0.1) is 6.92 Å². The third-order valence-electron chi connectivity index (χ3n) is 4.55. The summed E-state index contributed by atoms with van der Waals surface area (Å²) in [6.07, 6.45) is 0.465. The normalized spacial score (nSPS) is 16.0. The lowest BCUT2D eigenvalue weighted by Crippen LogP contribution is -2.39. The van der Waals surface area contributed by atoms with Crippen LogP contribution in [0.25, 0.3) is 0 Å². The van der Waals surface area contributed by atoms with Crippen molar-refractivity contribution in [3.05, 3.63) is 70.2 Å². The summed E-state index contributed by atoms with van der Waals surface area (Å²) in [7, 11) is 1.51. The number of benzene rings is 2. The zero-order chi connectivity index (χ0) is 19.2. The Morgan fingerprint density at radius 3 is 2.74 bits per heavy atom. The number of halogens is 1. The van der Waals surface area contributed by atoms with Crippen molar-refractivity contribution in [3.63, 3.8) is 0 Å². The van der Waals surface area contributed by atoms with Gasteiger partial charge in [-0.2, -0.15) is 0 Å². The molecule has 2 aromatic carbocycles. The summed E-state index contributed by atoms with van der Waals surface area (Å²) in [6, 6.07) is 15.6. The molecule has 5 nitrogen and oxygen atoms in total. The topological polar surface area (TPSA) is 51.1 Å². The lowest BCUT2D eigenvalue weighted by Gasteiger charge is -2.25. The van der Waals surface area contributed by atoms with Gasteiger partial charge in [-0.05, 0) is 24.1 Å². The standard InChI is InChI=1S/C21H23ClN2O3/c1-15-7-3-5-9-18(15)20-11-17(27-23-20)13-24(21(25)14-26-2)12-16-8-4-6-10-19(16)22/h3-10,17H,11-14H2,1-2H3/t17-/m0/s1. The van der Waals surface area contributed by atoms with Crippen molar-refractivity contribution in [1.29, 1.82) is 0 Å². The number of ether oxygens (including phenoxy) is 1. The highest BCUT2D eigenvalue weighted by Crippen LogP contribution is 2.22. The third kappa shape index (κ3) is 4.87. The molecule has 3 rings (SSSR count). The van der Waals surface area contributed by atoms with Crippen LogP contribution in [0.4, 0.5) is 0 Å². The van der Waals surface area contributed by atoms with E-state index < -0.39 is 0 Å². The highest BCUT2D eigenvalue weighted by atomic mass is 35.5. The monoisotopic (exact) mass is 386 g/mol. The fourth-order valence-electron chi connectivity index (χ4n) is 3.13. The number of methoxy groups -OCH3 is 1. The van der Waals surface area contributed by atoms with Crippen LogP contribution in [0.15, 0.2) is 53.7 Å². The van der Waals surface area contributed by atoms with Crippen LogP contribution in [-0.4, -0.2) is 42.9 Å². The Kier molecular flexibility index (Phi) is 6.48. The zero-order valence-corrected chi connectivity index (χ0v) is 16.3. The van der Waals surface area contributed by atoms with Crippen molar-refractivity contribution >= 4 is 23.2 Å². The van der Waals surface area contributed by atoms with Crippen molar-refractivity contribution in [2.45, 2.75) is 26.0 Å². The molecule has 0 bridgehead atoms. The van der Waals surface area contributed by atoms with Crippen molar-refractivity contribution in [2.75, 3.05) is 20.3 Å².